The minimum atomic E-state index is 0.211. The van der Waals surface area contributed by atoms with Gasteiger partial charge in [0.15, 0.2) is 0 Å². The molecule has 1 aromatic rings. The first-order chi connectivity index (χ1) is 10.1. The Kier molecular flexibility index (Phi) is 6.23. The number of rotatable bonds is 7. The summed E-state index contributed by atoms with van der Waals surface area (Å²) in [6.07, 6.45) is 7.82. The van der Waals surface area contributed by atoms with Crippen LogP contribution in [0.4, 0.5) is 0 Å². The third-order valence-electron chi connectivity index (χ3n) is 3.91. The topological polar surface area (TPSA) is 47.4 Å². The zero-order valence-corrected chi connectivity index (χ0v) is 13.2. The maximum absolute atomic E-state index is 12.3. The minimum absolute atomic E-state index is 0.211. The Morgan fingerprint density at radius 2 is 2.33 bits per heavy atom. The zero-order valence-electron chi connectivity index (χ0n) is 13.2. The van der Waals surface area contributed by atoms with E-state index in [0.29, 0.717) is 19.6 Å². The van der Waals surface area contributed by atoms with Gasteiger partial charge >= 0.3 is 0 Å². The van der Waals surface area contributed by atoms with Crippen LogP contribution in [-0.2, 0) is 16.1 Å². The standard InChI is InChI=1S/C16H27N3O2/c1-14(2)5-3-6-15-13-18(11-12-21-15)16(20)7-10-19-9-4-8-17-19/h4,8-9,14-15H,3,5-7,10-13H2,1-2H3/t15-/m0/s1. The highest BCUT2D eigenvalue weighted by atomic mass is 16.5. The van der Waals surface area contributed by atoms with Gasteiger partial charge in [-0.25, -0.2) is 0 Å². The zero-order chi connectivity index (χ0) is 15.1. The number of carbonyl (C=O) groups is 1. The molecule has 1 fully saturated rings. The van der Waals surface area contributed by atoms with Crippen LogP contribution in [-0.4, -0.2) is 46.4 Å². The lowest BCUT2D eigenvalue weighted by Crippen LogP contribution is -2.45. The van der Waals surface area contributed by atoms with E-state index >= 15 is 0 Å². The van der Waals surface area contributed by atoms with Crippen LogP contribution in [0.25, 0.3) is 0 Å². The van der Waals surface area contributed by atoms with E-state index < -0.39 is 0 Å². The molecule has 1 atom stereocenters. The predicted octanol–water partition coefficient (Wildman–Crippen LogP) is 2.33. The molecule has 0 unspecified atom stereocenters. The van der Waals surface area contributed by atoms with E-state index in [2.05, 4.69) is 18.9 Å². The second-order valence-electron chi connectivity index (χ2n) is 6.18. The molecule has 21 heavy (non-hydrogen) atoms. The molecular formula is C16H27N3O2. The molecule has 0 aliphatic carbocycles. The molecule has 0 saturated carbocycles. The van der Waals surface area contributed by atoms with Crippen LogP contribution in [0.5, 0.6) is 0 Å². The molecule has 5 nitrogen and oxygen atoms in total. The summed E-state index contributed by atoms with van der Waals surface area (Å²) in [4.78, 5) is 14.2. The van der Waals surface area contributed by atoms with Crippen LogP contribution in [0, 0.1) is 5.92 Å². The number of aromatic nitrogens is 2. The van der Waals surface area contributed by atoms with Gasteiger partial charge in [0.2, 0.25) is 5.91 Å². The van der Waals surface area contributed by atoms with Gasteiger partial charge < -0.3 is 9.64 Å². The molecule has 1 aliphatic heterocycles. The second kappa shape index (κ2) is 8.17. The summed E-state index contributed by atoms with van der Waals surface area (Å²) < 4.78 is 7.58. The van der Waals surface area contributed by atoms with Crippen molar-refractivity contribution in [3.8, 4) is 0 Å². The maximum Gasteiger partial charge on any atom is 0.224 e. The van der Waals surface area contributed by atoms with E-state index in [4.69, 9.17) is 4.74 Å². The molecule has 1 amide bonds. The summed E-state index contributed by atoms with van der Waals surface area (Å²) in [6.45, 7) is 7.27. The number of carbonyl (C=O) groups excluding carboxylic acids is 1. The highest BCUT2D eigenvalue weighted by Gasteiger charge is 2.23. The molecular weight excluding hydrogens is 266 g/mol. The molecule has 1 saturated heterocycles. The summed E-state index contributed by atoms with van der Waals surface area (Å²) >= 11 is 0. The quantitative estimate of drug-likeness (QED) is 0.775. The lowest BCUT2D eigenvalue weighted by Gasteiger charge is -2.33. The predicted molar refractivity (Wildman–Crippen MR) is 81.9 cm³/mol. The monoisotopic (exact) mass is 293 g/mol. The van der Waals surface area contributed by atoms with Crippen molar-refractivity contribution in [1.29, 1.82) is 0 Å². The van der Waals surface area contributed by atoms with Gasteiger partial charge in [0.25, 0.3) is 0 Å². The third-order valence-corrected chi connectivity index (χ3v) is 3.91. The fourth-order valence-electron chi connectivity index (χ4n) is 2.68. The first kappa shape index (κ1) is 16.0. The van der Waals surface area contributed by atoms with E-state index in [1.807, 2.05) is 17.2 Å². The lowest BCUT2D eigenvalue weighted by atomic mass is 10.0. The van der Waals surface area contributed by atoms with Gasteiger partial charge in [-0.2, -0.15) is 5.10 Å². The Bertz CT molecular complexity index is 417. The van der Waals surface area contributed by atoms with Crippen molar-refractivity contribution in [2.45, 2.75) is 52.2 Å². The summed E-state index contributed by atoms with van der Waals surface area (Å²) in [7, 11) is 0. The van der Waals surface area contributed by atoms with E-state index in [1.165, 1.54) is 12.8 Å². The van der Waals surface area contributed by atoms with Crippen molar-refractivity contribution in [1.82, 2.24) is 14.7 Å². The fourth-order valence-corrected chi connectivity index (χ4v) is 2.68. The molecule has 2 rings (SSSR count). The van der Waals surface area contributed by atoms with Gasteiger partial charge in [0, 0.05) is 38.4 Å². The SMILES string of the molecule is CC(C)CCC[C@H]1CN(C(=O)CCn2cccn2)CCO1. The van der Waals surface area contributed by atoms with Gasteiger partial charge in [0.05, 0.1) is 12.7 Å². The first-order valence-electron chi connectivity index (χ1n) is 8.02. The summed E-state index contributed by atoms with van der Waals surface area (Å²) in [5, 5.41) is 4.13. The van der Waals surface area contributed by atoms with Crippen LogP contribution < -0.4 is 0 Å². The number of nitrogens with zero attached hydrogens (tertiary/aromatic N) is 3. The average molecular weight is 293 g/mol. The second-order valence-corrected chi connectivity index (χ2v) is 6.18. The van der Waals surface area contributed by atoms with Crippen molar-refractivity contribution in [3.63, 3.8) is 0 Å². The molecule has 118 valence electrons. The van der Waals surface area contributed by atoms with Crippen LogP contribution in [0.3, 0.4) is 0 Å². The fraction of sp³-hybridized carbons (Fsp3) is 0.750. The third kappa shape index (κ3) is 5.50. The Morgan fingerprint density at radius 1 is 1.48 bits per heavy atom. The molecule has 0 aromatic carbocycles. The van der Waals surface area contributed by atoms with Crippen LogP contribution in [0.1, 0.15) is 39.5 Å². The van der Waals surface area contributed by atoms with Crippen molar-refractivity contribution in [2.24, 2.45) is 5.92 Å². The number of morpholine rings is 1. The summed E-state index contributed by atoms with van der Waals surface area (Å²) in [6, 6.07) is 1.88. The molecule has 5 heteroatoms. The number of amides is 1. The van der Waals surface area contributed by atoms with Gasteiger partial charge in [-0.1, -0.05) is 26.7 Å². The summed E-state index contributed by atoms with van der Waals surface area (Å²) in [5.74, 6) is 0.947. The lowest BCUT2D eigenvalue weighted by molar-refractivity contribution is -0.139. The van der Waals surface area contributed by atoms with Crippen molar-refractivity contribution >= 4 is 5.91 Å². The number of aryl methyl sites for hydroxylation is 1. The Balaban J connectivity index is 1.70. The van der Waals surface area contributed by atoms with Crippen LogP contribution in [0.2, 0.25) is 0 Å². The smallest absolute Gasteiger partial charge is 0.224 e. The highest BCUT2D eigenvalue weighted by molar-refractivity contribution is 5.76. The number of hydrogen-bond acceptors (Lipinski definition) is 3. The Labute approximate surface area is 127 Å². The molecule has 0 N–H and O–H groups in total. The van der Waals surface area contributed by atoms with Gasteiger partial charge in [0.1, 0.15) is 0 Å². The minimum Gasteiger partial charge on any atom is -0.375 e. The normalized spacial score (nSPS) is 19.2. The van der Waals surface area contributed by atoms with Crippen LogP contribution in [0.15, 0.2) is 18.5 Å². The van der Waals surface area contributed by atoms with E-state index in [1.54, 1.807) is 10.9 Å². The molecule has 1 aliphatic rings. The van der Waals surface area contributed by atoms with E-state index in [-0.39, 0.29) is 12.0 Å². The largest absolute Gasteiger partial charge is 0.375 e. The first-order valence-corrected chi connectivity index (χ1v) is 8.02. The molecule has 0 bridgehead atoms. The van der Waals surface area contributed by atoms with Crippen molar-refractivity contribution < 1.29 is 9.53 Å². The van der Waals surface area contributed by atoms with Crippen molar-refractivity contribution in [2.75, 3.05) is 19.7 Å². The van der Waals surface area contributed by atoms with Gasteiger partial charge in [-0.05, 0) is 18.4 Å². The highest BCUT2D eigenvalue weighted by Crippen LogP contribution is 2.15. The van der Waals surface area contributed by atoms with Gasteiger partial charge in [-0.15, -0.1) is 0 Å². The number of hydrogen-bond donors (Lipinski definition) is 0. The Morgan fingerprint density at radius 3 is 3.05 bits per heavy atom. The Hall–Kier alpha value is -1.36. The van der Waals surface area contributed by atoms with Crippen molar-refractivity contribution in [3.05, 3.63) is 18.5 Å². The van der Waals surface area contributed by atoms with Crippen LogP contribution >= 0.6 is 0 Å². The molecule has 2 heterocycles. The number of ether oxygens (including phenoxy) is 1. The average Bonchev–Trinajstić information content (AvgIpc) is 2.98. The van der Waals surface area contributed by atoms with E-state index in [9.17, 15) is 4.79 Å². The summed E-state index contributed by atoms with van der Waals surface area (Å²) in [5.41, 5.74) is 0. The maximum atomic E-state index is 12.3. The molecule has 1 aromatic heterocycles. The molecule has 0 radical (unpaired) electrons. The van der Waals surface area contributed by atoms with E-state index in [0.717, 1.165) is 25.4 Å². The molecule has 0 spiro atoms. The van der Waals surface area contributed by atoms with Gasteiger partial charge in [-0.3, -0.25) is 9.48 Å².